The molecule has 1 aromatic carbocycles. The normalized spacial score (nSPS) is 16.0. The van der Waals surface area contributed by atoms with Gasteiger partial charge in [0.1, 0.15) is 12.3 Å². The van der Waals surface area contributed by atoms with Crippen molar-refractivity contribution in [1.82, 2.24) is 9.80 Å². The quantitative estimate of drug-likeness (QED) is 0.748. The number of hydrogen-bond donors (Lipinski definition) is 0. The lowest BCUT2D eigenvalue weighted by molar-refractivity contribution is -0.131. The van der Waals surface area contributed by atoms with Gasteiger partial charge in [-0.05, 0) is 38.2 Å². The highest BCUT2D eigenvalue weighted by Crippen LogP contribution is 2.22. The largest absolute Gasteiger partial charge is 0.494 e. The van der Waals surface area contributed by atoms with Crippen molar-refractivity contribution < 1.29 is 17.9 Å². The smallest absolute Gasteiger partial charge is 0.243 e. The van der Waals surface area contributed by atoms with E-state index in [2.05, 4.69) is 4.90 Å². The van der Waals surface area contributed by atoms with E-state index in [0.717, 1.165) is 23.7 Å². The standard InChI is InChI=1S/C16H25N3O4S/c1-4-23-15-7-5-14(6-8-15)19(24(3,21)22)13-16(20)18-11-9-17(2)10-12-18/h5-8H,4,9-13H2,1-3H3. The molecule has 7 nitrogen and oxygen atoms in total. The first kappa shape index (κ1) is 18.5. The summed E-state index contributed by atoms with van der Waals surface area (Å²) in [6.45, 7) is 5.08. The molecule has 0 unspecified atom stereocenters. The Bertz CT molecular complexity index is 652. The lowest BCUT2D eigenvalue weighted by Gasteiger charge is -2.34. The van der Waals surface area contributed by atoms with E-state index in [1.165, 1.54) is 0 Å². The summed E-state index contributed by atoms with van der Waals surface area (Å²) in [4.78, 5) is 16.3. The van der Waals surface area contributed by atoms with Crippen LogP contribution in [0.2, 0.25) is 0 Å². The minimum atomic E-state index is -3.55. The van der Waals surface area contributed by atoms with Gasteiger partial charge in [-0.2, -0.15) is 0 Å². The topological polar surface area (TPSA) is 70.2 Å². The molecule has 0 atom stereocenters. The van der Waals surface area contributed by atoms with Crippen LogP contribution in [0.3, 0.4) is 0 Å². The molecule has 0 aromatic heterocycles. The number of ether oxygens (including phenoxy) is 1. The number of anilines is 1. The second-order valence-corrected chi connectivity index (χ2v) is 7.79. The molecule has 8 heteroatoms. The molecule has 0 aliphatic carbocycles. The van der Waals surface area contributed by atoms with E-state index in [1.54, 1.807) is 29.2 Å². The van der Waals surface area contributed by atoms with Crippen molar-refractivity contribution in [2.45, 2.75) is 6.92 Å². The summed E-state index contributed by atoms with van der Waals surface area (Å²) < 4.78 is 30.8. The van der Waals surface area contributed by atoms with Crippen LogP contribution >= 0.6 is 0 Å². The number of nitrogens with zero attached hydrogens (tertiary/aromatic N) is 3. The number of carbonyl (C=O) groups is 1. The van der Waals surface area contributed by atoms with E-state index in [4.69, 9.17) is 4.74 Å². The molecule has 1 aliphatic rings. The van der Waals surface area contributed by atoms with Gasteiger partial charge in [0.05, 0.1) is 18.6 Å². The fourth-order valence-electron chi connectivity index (χ4n) is 2.55. The van der Waals surface area contributed by atoms with Crippen LogP contribution in [0.5, 0.6) is 5.75 Å². The number of likely N-dealkylation sites (N-methyl/N-ethyl adjacent to an activating group) is 1. The summed E-state index contributed by atoms with van der Waals surface area (Å²) in [6.07, 6.45) is 1.11. The monoisotopic (exact) mass is 355 g/mol. The Hall–Kier alpha value is -1.80. The Kier molecular flexibility index (Phi) is 6.06. The second kappa shape index (κ2) is 7.85. The zero-order chi connectivity index (χ0) is 17.7. The number of amides is 1. The molecule has 0 radical (unpaired) electrons. The lowest BCUT2D eigenvalue weighted by atomic mass is 10.3. The van der Waals surface area contributed by atoms with Gasteiger partial charge in [0, 0.05) is 26.2 Å². The van der Waals surface area contributed by atoms with E-state index >= 15 is 0 Å². The molecule has 24 heavy (non-hydrogen) atoms. The van der Waals surface area contributed by atoms with Gasteiger partial charge < -0.3 is 14.5 Å². The summed E-state index contributed by atoms with van der Waals surface area (Å²) in [7, 11) is -1.55. The molecule has 1 aliphatic heterocycles. The third-order valence-electron chi connectivity index (χ3n) is 3.97. The van der Waals surface area contributed by atoms with Gasteiger partial charge in [0.25, 0.3) is 0 Å². The zero-order valence-electron chi connectivity index (χ0n) is 14.4. The summed E-state index contributed by atoms with van der Waals surface area (Å²) in [5.74, 6) is 0.488. The molecule has 2 rings (SSSR count). The summed E-state index contributed by atoms with van der Waals surface area (Å²) >= 11 is 0. The molecule has 0 bridgehead atoms. The molecule has 0 spiro atoms. The average Bonchev–Trinajstić information content (AvgIpc) is 2.53. The van der Waals surface area contributed by atoms with Crippen LogP contribution in [0.25, 0.3) is 0 Å². The SMILES string of the molecule is CCOc1ccc(N(CC(=O)N2CCN(C)CC2)S(C)(=O)=O)cc1. The first-order valence-electron chi connectivity index (χ1n) is 7.98. The van der Waals surface area contributed by atoms with E-state index in [0.29, 0.717) is 31.1 Å². The third kappa shape index (κ3) is 4.85. The molecule has 1 fully saturated rings. The highest BCUT2D eigenvalue weighted by Gasteiger charge is 2.25. The number of benzene rings is 1. The van der Waals surface area contributed by atoms with Crippen molar-refractivity contribution in [2.75, 3.05) is 56.9 Å². The van der Waals surface area contributed by atoms with E-state index in [1.807, 2.05) is 14.0 Å². The van der Waals surface area contributed by atoms with Crippen LogP contribution in [-0.2, 0) is 14.8 Å². The number of carbonyl (C=O) groups excluding carboxylic acids is 1. The van der Waals surface area contributed by atoms with E-state index < -0.39 is 10.0 Å². The van der Waals surface area contributed by atoms with Gasteiger partial charge in [-0.15, -0.1) is 0 Å². The number of sulfonamides is 1. The number of piperazine rings is 1. The Morgan fingerprint density at radius 1 is 1.17 bits per heavy atom. The molecule has 0 N–H and O–H groups in total. The molecule has 0 saturated carbocycles. The number of rotatable bonds is 6. The summed E-state index contributed by atoms with van der Waals surface area (Å²) in [6, 6.07) is 6.72. The molecular weight excluding hydrogens is 330 g/mol. The first-order valence-corrected chi connectivity index (χ1v) is 9.83. The molecule has 1 heterocycles. The Balaban J connectivity index is 2.12. The molecule has 134 valence electrons. The third-order valence-corrected chi connectivity index (χ3v) is 5.11. The van der Waals surface area contributed by atoms with Crippen LogP contribution in [0, 0.1) is 0 Å². The Morgan fingerprint density at radius 3 is 2.25 bits per heavy atom. The predicted octanol–water partition coefficient (Wildman–Crippen LogP) is 0.625. The fraction of sp³-hybridized carbons (Fsp3) is 0.562. The van der Waals surface area contributed by atoms with Gasteiger partial charge in [-0.25, -0.2) is 8.42 Å². The van der Waals surface area contributed by atoms with Crippen molar-refractivity contribution in [2.24, 2.45) is 0 Å². The van der Waals surface area contributed by atoms with Crippen molar-refractivity contribution in [3.8, 4) is 5.75 Å². The Morgan fingerprint density at radius 2 is 1.75 bits per heavy atom. The van der Waals surface area contributed by atoms with Crippen molar-refractivity contribution >= 4 is 21.6 Å². The van der Waals surface area contributed by atoms with Crippen LogP contribution in [0.15, 0.2) is 24.3 Å². The average molecular weight is 355 g/mol. The van der Waals surface area contributed by atoms with Crippen LogP contribution in [0.4, 0.5) is 5.69 Å². The molecular formula is C16H25N3O4S. The maximum atomic E-state index is 12.5. The van der Waals surface area contributed by atoms with Crippen molar-refractivity contribution in [3.05, 3.63) is 24.3 Å². The maximum Gasteiger partial charge on any atom is 0.243 e. The predicted molar refractivity (Wildman–Crippen MR) is 93.9 cm³/mol. The van der Waals surface area contributed by atoms with Crippen molar-refractivity contribution in [1.29, 1.82) is 0 Å². The van der Waals surface area contributed by atoms with Crippen LogP contribution in [-0.4, -0.2) is 76.8 Å². The molecule has 1 amide bonds. The molecule has 1 saturated heterocycles. The van der Waals surface area contributed by atoms with Crippen molar-refractivity contribution in [3.63, 3.8) is 0 Å². The molecule has 1 aromatic rings. The summed E-state index contributed by atoms with van der Waals surface area (Å²) in [5, 5.41) is 0. The lowest BCUT2D eigenvalue weighted by Crippen LogP contribution is -2.50. The van der Waals surface area contributed by atoms with Gasteiger partial charge in [0.15, 0.2) is 0 Å². The van der Waals surface area contributed by atoms with E-state index in [-0.39, 0.29) is 12.5 Å². The minimum Gasteiger partial charge on any atom is -0.494 e. The number of hydrogen-bond acceptors (Lipinski definition) is 5. The van der Waals surface area contributed by atoms with Gasteiger partial charge in [-0.3, -0.25) is 9.10 Å². The minimum absolute atomic E-state index is 0.178. The van der Waals surface area contributed by atoms with Crippen LogP contribution < -0.4 is 9.04 Å². The maximum absolute atomic E-state index is 12.5. The van der Waals surface area contributed by atoms with Crippen LogP contribution in [0.1, 0.15) is 6.92 Å². The van der Waals surface area contributed by atoms with Gasteiger partial charge >= 0.3 is 0 Å². The summed E-state index contributed by atoms with van der Waals surface area (Å²) in [5.41, 5.74) is 0.462. The van der Waals surface area contributed by atoms with Gasteiger partial charge in [0.2, 0.25) is 15.9 Å². The van der Waals surface area contributed by atoms with E-state index in [9.17, 15) is 13.2 Å². The highest BCUT2D eigenvalue weighted by atomic mass is 32.2. The fourth-order valence-corrected chi connectivity index (χ4v) is 3.40. The zero-order valence-corrected chi connectivity index (χ0v) is 15.3. The second-order valence-electron chi connectivity index (χ2n) is 5.88. The van der Waals surface area contributed by atoms with Gasteiger partial charge in [-0.1, -0.05) is 0 Å². The highest BCUT2D eigenvalue weighted by molar-refractivity contribution is 7.92. The first-order chi connectivity index (χ1) is 11.3. The Labute approximate surface area is 143 Å².